The van der Waals surface area contributed by atoms with Gasteiger partial charge in [-0.2, -0.15) is 8.78 Å². The quantitative estimate of drug-likeness (QED) is 0.923. The van der Waals surface area contributed by atoms with Crippen molar-refractivity contribution in [1.82, 2.24) is 4.90 Å². The van der Waals surface area contributed by atoms with Gasteiger partial charge in [0.2, 0.25) is 0 Å². The lowest BCUT2D eigenvalue weighted by molar-refractivity contribution is -0.0502. The van der Waals surface area contributed by atoms with Gasteiger partial charge in [-0.25, -0.2) is 0 Å². The van der Waals surface area contributed by atoms with E-state index in [1.54, 1.807) is 29.2 Å². The average molecular weight is 348 g/mol. The molecule has 0 atom stereocenters. The van der Waals surface area contributed by atoms with E-state index in [2.05, 4.69) is 4.74 Å². The van der Waals surface area contributed by atoms with Gasteiger partial charge in [0.25, 0.3) is 5.91 Å². The van der Waals surface area contributed by atoms with Crippen molar-refractivity contribution in [3.05, 3.63) is 54.1 Å². The molecular formula is C18H18F2N2O3. The van der Waals surface area contributed by atoms with Crippen LogP contribution in [-0.2, 0) is 0 Å². The zero-order valence-corrected chi connectivity index (χ0v) is 13.4. The number of rotatable bonds is 4. The maximum atomic E-state index is 12.6. The molecule has 25 heavy (non-hydrogen) atoms. The van der Waals surface area contributed by atoms with Gasteiger partial charge in [0.15, 0.2) is 0 Å². The number of hydrogen-bond acceptors (Lipinski definition) is 4. The van der Waals surface area contributed by atoms with Gasteiger partial charge in [0, 0.05) is 26.2 Å². The maximum Gasteiger partial charge on any atom is 0.387 e. The van der Waals surface area contributed by atoms with Crippen molar-refractivity contribution in [3.63, 3.8) is 0 Å². The minimum atomic E-state index is -2.98. The fraction of sp³-hybridized carbons (Fsp3) is 0.278. The molecule has 3 rings (SSSR count). The summed E-state index contributed by atoms with van der Waals surface area (Å²) in [7, 11) is 0. The smallest absolute Gasteiger partial charge is 0.387 e. The lowest BCUT2D eigenvalue weighted by Gasteiger charge is -2.36. The Kier molecular flexibility index (Phi) is 5.02. The second kappa shape index (κ2) is 7.38. The second-order valence-corrected chi connectivity index (χ2v) is 5.64. The van der Waals surface area contributed by atoms with E-state index in [9.17, 15) is 18.7 Å². The summed E-state index contributed by atoms with van der Waals surface area (Å²) in [6.45, 7) is -1.04. The first-order valence-corrected chi connectivity index (χ1v) is 7.92. The maximum absolute atomic E-state index is 12.6. The number of benzene rings is 2. The Bertz CT molecular complexity index is 747. The fourth-order valence-electron chi connectivity index (χ4n) is 2.89. The average Bonchev–Trinajstić information content (AvgIpc) is 2.62. The number of ether oxygens (including phenoxy) is 1. The zero-order valence-electron chi connectivity index (χ0n) is 13.4. The van der Waals surface area contributed by atoms with Crippen LogP contribution >= 0.6 is 0 Å². The Morgan fingerprint density at radius 2 is 1.64 bits per heavy atom. The van der Waals surface area contributed by atoms with Crippen molar-refractivity contribution < 1.29 is 23.4 Å². The molecule has 0 aliphatic carbocycles. The summed E-state index contributed by atoms with van der Waals surface area (Å²) in [4.78, 5) is 16.2. The minimum absolute atomic E-state index is 0.120. The number of aromatic hydroxyl groups is 1. The molecule has 2 aromatic carbocycles. The number of alkyl halides is 2. The molecule has 0 bridgehead atoms. The third-order valence-electron chi connectivity index (χ3n) is 4.12. The predicted octanol–water partition coefficient (Wildman–Crippen LogP) is 2.96. The molecule has 1 aliphatic heterocycles. The highest BCUT2D eigenvalue weighted by atomic mass is 19.3. The molecule has 1 N–H and O–H groups in total. The standard InChI is InChI=1S/C18H18F2N2O3/c19-18(20)25-16-8-4-1-5-13(16)17(24)22-11-9-21(10-12-22)14-6-2-3-7-15(14)23/h1-8,18,23H,9-12H2. The lowest BCUT2D eigenvalue weighted by Crippen LogP contribution is -2.48. The number of carbonyl (C=O) groups excluding carboxylic acids is 1. The van der Waals surface area contributed by atoms with Gasteiger partial charge in [0.05, 0.1) is 11.3 Å². The van der Waals surface area contributed by atoms with Crippen LogP contribution in [0.25, 0.3) is 0 Å². The van der Waals surface area contributed by atoms with Crippen molar-refractivity contribution in [2.24, 2.45) is 0 Å². The van der Waals surface area contributed by atoms with Crippen LogP contribution in [0.5, 0.6) is 11.5 Å². The molecule has 1 saturated heterocycles. The number of halogens is 2. The normalized spacial score (nSPS) is 14.7. The first kappa shape index (κ1) is 17.0. The van der Waals surface area contributed by atoms with Gasteiger partial charge in [-0.15, -0.1) is 0 Å². The topological polar surface area (TPSA) is 53.0 Å². The first-order valence-electron chi connectivity index (χ1n) is 7.92. The molecule has 2 aromatic rings. The molecule has 132 valence electrons. The largest absolute Gasteiger partial charge is 0.506 e. The number of anilines is 1. The van der Waals surface area contributed by atoms with Gasteiger partial charge in [-0.3, -0.25) is 4.79 Å². The summed E-state index contributed by atoms with van der Waals surface area (Å²) in [5.41, 5.74) is 0.842. The lowest BCUT2D eigenvalue weighted by atomic mass is 10.1. The number of phenols is 1. The summed E-state index contributed by atoms with van der Waals surface area (Å²) in [6, 6.07) is 13.0. The molecule has 0 saturated carbocycles. The third-order valence-corrected chi connectivity index (χ3v) is 4.12. The van der Waals surface area contributed by atoms with E-state index in [-0.39, 0.29) is 23.0 Å². The molecule has 1 amide bonds. The van der Waals surface area contributed by atoms with Gasteiger partial charge in [0.1, 0.15) is 11.5 Å². The van der Waals surface area contributed by atoms with Crippen molar-refractivity contribution in [2.75, 3.05) is 31.1 Å². The van der Waals surface area contributed by atoms with Gasteiger partial charge < -0.3 is 19.6 Å². The summed E-state index contributed by atoms with van der Waals surface area (Å²) >= 11 is 0. The van der Waals surface area contributed by atoms with Crippen molar-refractivity contribution in [2.45, 2.75) is 6.61 Å². The minimum Gasteiger partial charge on any atom is -0.506 e. The molecule has 7 heteroatoms. The number of amides is 1. The number of para-hydroxylation sites is 3. The van der Waals surface area contributed by atoms with E-state index in [0.717, 1.165) is 5.69 Å². The van der Waals surface area contributed by atoms with Gasteiger partial charge in [-0.1, -0.05) is 24.3 Å². The Morgan fingerprint density at radius 1 is 1.00 bits per heavy atom. The monoisotopic (exact) mass is 348 g/mol. The Balaban J connectivity index is 1.69. The highest BCUT2D eigenvalue weighted by Crippen LogP contribution is 2.28. The number of hydrogen-bond donors (Lipinski definition) is 1. The van der Waals surface area contributed by atoms with Crippen LogP contribution in [0.15, 0.2) is 48.5 Å². The van der Waals surface area contributed by atoms with Crippen molar-refractivity contribution in [3.8, 4) is 11.5 Å². The van der Waals surface area contributed by atoms with Crippen LogP contribution < -0.4 is 9.64 Å². The Morgan fingerprint density at radius 3 is 2.32 bits per heavy atom. The van der Waals surface area contributed by atoms with Crippen molar-refractivity contribution in [1.29, 1.82) is 0 Å². The second-order valence-electron chi connectivity index (χ2n) is 5.64. The van der Waals surface area contributed by atoms with E-state index >= 15 is 0 Å². The van der Waals surface area contributed by atoms with E-state index in [1.807, 2.05) is 17.0 Å². The van der Waals surface area contributed by atoms with Crippen LogP contribution in [0, 0.1) is 0 Å². The third kappa shape index (κ3) is 3.81. The highest BCUT2D eigenvalue weighted by molar-refractivity contribution is 5.97. The number of piperazine rings is 1. The van der Waals surface area contributed by atoms with Crippen LogP contribution in [0.4, 0.5) is 14.5 Å². The van der Waals surface area contributed by atoms with Crippen LogP contribution in [-0.4, -0.2) is 48.7 Å². The van der Waals surface area contributed by atoms with E-state index in [0.29, 0.717) is 26.2 Å². The van der Waals surface area contributed by atoms with E-state index < -0.39 is 6.61 Å². The molecule has 0 aromatic heterocycles. The van der Waals surface area contributed by atoms with Crippen LogP contribution in [0.3, 0.4) is 0 Å². The molecule has 0 radical (unpaired) electrons. The molecule has 0 spiro atoms. The SMILES string of the molecule is O=C(c1ccccc1OC(F)F)N1CCN(c2ccccc2O)CC1. The van der Waals surface area contributed by atoms with Crippen LogP contribution in [0.2, 0.25) is 0 Å². The molecule has 1 fully saturated rings. The summed E-state index contributed by atoms with van der Waals surface area (Å²) < 4.78 is 29.5. The van der Waals surface area contributed by atoms with Gasteiger partial charge >= 0.3 is 6.61 Å². The van der Waals surface area contributed by atoms with Gasteiger partial charge in [-0.05, 0) is 24.3 Å². The Labute approximate surface area is 144 Å². The zero-order chi connectivity index (χ0) is 17.8. The predicted molar refractivity (Wildman–Crippen MR) is 89.3 cm³/mol. The van der Waals surface area contributed by atoms with E-state index in [1.165, 1.54) is 12.1 Å². The molecular weight excluding hydrogens is 330 g/mol. The van der Waals surface area contributed by atoms with Crippen LogP contribution in [0.1, 0.15) is 10.4 Å². The molecule has 1 aliphatic rings. The number of nitrogens with zero attached hydrogens (tertiary/aromatic N) is 2. The van der Waals surface area contributed by atoms with E-state index in [4.69, 9.17) is 0 Å². The van der Waals surface area contributed by atoms with Crippen molar-refractivity contribution >= 4 is 11.6 Å². The Hall–Kier alpha value is -2.83. The molecule has 0 unspecified atom stereocenters. The summed E-state index contributed by atoms with van der Waals surface area (Å²) in [5, 5.41) is 9.93. The highest BCUT2D eigenvalue weighted by Gasteiger charge is 2.25. The number of phenolic OH excluding ortho intramolecular Hbond substituents is 1. The molecule has 5 nitrogen and oxygen atoms in total. The summed E-state index contributed by atoms with van der Waals surface area (Å²) in [5.74, 6) is -0.267. The number of carbonyl (C=O) groups is 1. The molecule has 1 heterocycles. The fourth-order valence-corrected chi connectivity index (χ4v) is 2.89. The first-order chi connectivity index (χ1) is 12.1. The summed E-state index contributed by atoms with van der Waals surface area (Å²) in [6.07, 6.45) is 0.